The van der Waals surface area contributed by atoms with E-state index in [0.717, 1.165) is 23.5 Å². The Balaban J connectivity index is 1.94. The van der Waals surface area contributed by atoms with Crippen LogP contribution >= 0.6 is 0 Å². The van der Waals surface area contributed by atoms with Gasteiger partial charge in [-0.25, -0.2) is 0 Å². The first-order valence-corrected chi connectivity index (χ1v) is 6.60. The van der Waals surface area contributed by atoms with Gasteiger partial charge in [0.2, 0.25) is 0 Å². The molecule has 0 radical (unpaired) electrons. The molecular weight excluding hydrogens is 246 g/mol. The number of fused-ring (bicyclic) bond motifs is 1. The van der Waals surface area contributed by atoms with Crippen molar-refractivity contribution in [2.45, 2.75) is 17.9 Å². The van der Waals surface area contributed by atoms with Gasteiger partial charge in [-0.3, -0.25) is 0 Å². The molecular formula is C14H19NO4. The summed E-state index contributed by atoms with van der Waals surface area (Å²) in [4.78, 5) is 0. The first-order valence-electron chi connectivity index (χ1n) is 6.60. The van der Waals surface area contributed by atoms with Crippen molar-refractivity contribution in [1.82, 2.24) is 0 Å². The molecule has 3 N–H and O–H groups in total. The lowest BCUT2D eigenvalue weighted by Crippen LogP contribution is -2.60. The van der Waals surface area contributed by atoms with Crippen LogP contribution in [-0.4, -0.2) is 44.2 Å². The van der Waals surface area contributed by atoms with E-state index in [0.29, 0.717) is 26.4 Å². The lowest BCUT2D eigenvalue weighted by Gasteiger charge is -2.45. The van der Waals surface area contributed by atoms with Crippen LogP contribution < -0.4 is 15.2 Å². The highest BCUT2D eigenvalue weighted by Gasteiger charge is 2.45. The Bertz CT molecular complexity index is 459. The van der Waals surface area contributed by atoms with Gasteiger partial charge in [-0.05, 0) is 17.7 Å². The summed E-state index contributed by atoms with van der Waals surface area (Å²) in [7, 11) is 0. The second-order valence-electron chi connectivity index (χ2n) is 5.15. The van der Waals surface area contributed by atoms with E-state index in [4.69, 9.17) is 19.9 Å². The monoisotopic (exact) mass is 265 g/mol. The van der Waals surface area contributed by atoms with Gasteiger partial charge in [-0.1, -0.05) is 6.07 Å². The molecule has 19 heavy (non-hydrogen) atoms. The average molecular weight is 265 g/mol. The molecule has 5 heteroatoms. The largest absolute Gasteiger partial charge is 0.490 e. The van der Waals surface area contributed by atoms with Crippen LogP contribution in [0.25, 0.3) is 0 Å². The summed E-state index contributed by atoms with van der Waals surface area (Å²) in [5.74, 6) is 1.53. The quantitative estimate of drug-likeness (QED) is 0.829. The van der Waals surface area contributed by atoms with E-state index in [-0.39, 0.29) is 18.1 Å². The van der Waals surface area contributed by atoms with Crippen molar-refractivity contribution >= 4 is 0 Å². The zero-order valence-electron chi connectivity index (χ0n) is 10.8. The Morgan fingerprint density at radius 3 is 2.58 bits per heavy atom. The van der Waals surface area contributed by atoms with Crippen molar-refractivity contribution in [1.29, 1.82) is 0 Å². The van der Waals surface area contributed by atoms with E-state index in [1.807, 2.05) is 18.2 Å². The third kappa shape index (κ3) is 2.08. The molecule has 2 heterocycles. The highest BCUT2D eigenvalue weighted by Crippen LogP contribution is 2.40. The molecule has 1 saturated heterocycles. The standard InChI is InChI=1S/C14H19NO4/c15-13(7-16)14(8-17-9-14)10-2-3-11-12(6-10)19-5-1-4-18-11/h2-3,6,13,16H,1,4-5,7-9,15H2. The maximum absolute atomic E-state index is 9.34. The molecule has 0 bridgehead atoms. The molecule has 104 valence electrons. The van der Waals surface area contributed by atoms with E-state index < -0.39 is 0 Å². The molecule has 0 amide bonds. The Morgan fingerprint density at radius 2 is 1.95 bits per heavy atom. The molecule has 1 unspecified atom stereocenters. The van der Waals surface area contributed by atoms with E-state index in [1.165, 1.54) is 0 Å². The molecule has 3 rings (SSSR count). The van der Waals surface area contributed by atoms with Gasteiger partial charge in [0.1, 0.15) is 0 Å². The van der Waals surface area contributed by atoms with E-state index in [2.05, 4.69) is 0 Å². The Kier molecular flexibility index (Phi) is 3.35. The average Bonchev–Trinajstić information content (AvgIpc) is 2.61. The zero-order chi connectivity index (χ0) is 13.3. The van der Waals surface area contributed by atoms with Crippen molar-refractivity contribution in [3.63, 3.8) is 0 Å². The van der Waals surface area contributed by atoms with Crippen LogP contribution in [0.4, 0.5) is 0 Å². The predicted octanol–water partition coefficient (Wildman–Crippen LogP) is 0.435. The van der Waals surface area contributed by atoms with Crippen LogP contribution in [0.5, 0.6) is 11.5 Å². The van der Waals surface area contributed by atoms with Gasteiger partial charge in [-0.2, -0.15) is 0 Å². The summed E-state index contributed by atoms with van der Waals surface area (Å²) in [6.45, 7) is 2.35. The van der Waals surface area contributed by atoms with Gasteiger partial charge in [0.25, 0.3) is 0 Å². The fraction of sp³-hybridized carbons (Fsp3) is 0.571. The summed E-state index contributed by atoms with van der Waals surface area (Å²) < 4.78 is 16.6. The van der Waals surface area contributed by atoms with Gasteiger partial charge < -0.3 is 25.1 Å². The fourth-order valence-electron chi connectivity index (χ4n) is 2.56. The molecule has 1 aromatic carbocycles. The Labute approximate surface area is 112 Å². The highest BCUT2D eigenvalue weighted by atomic mass is 16.5. The summed E-state index contributed by atoms with van der Waals surface area (Å²) in [5, 5.41) is 9.34. The van der Waals surface area contributed by atoms with Gasteiger partial charge in [0.05, 0.1) is 38.4 Å². The molecule has 1 atom stereocenters. The van der Waals surface area contributed by atoms with Crippen molar-refractivity contribution in [3.05, 3.63) is 23.8 Å². The van der Waals surface area contributed by atoms with Crippen molar-refractivity contribution in [3.8, 4) is 11.5 Å². The van der Waals surface area contributed by atoms with Crippen LogP contribution in [-0.2, 0) is 10.2 Å². The third-order valence-electron chi connectivity index (χ3n) is 3.95. The number of ether oxygens (including phenoxy) is 3. The molecule has 0 saturated carbocycles. The lowest BCUT2D eigenvalue weighted by atomic mass is 9.73. The van der Waals surface area contributed by atoms with Crippen LogP contribution in [0.1, 0.15) is 12.0 Å². The second-order valence-corrected chi connectivity index (χ2v) is 5.15. The van der Waals surface area contributed by atoms with Crippen LogP contribution in [0.3, 0.4) is 0 Å². The molecule has 1 aromatic rings. The SMILES string of the molecule is NC(CO)C1(c2ccc3c(c2)OCCCO3)COC1. The maximum atomic E-state index is 9.34. The van der Waals surface area contributed by atoms with E-state index in [9.17, 15) is 5.11 Å². The number of aliphatic hydroxyl groups excluding tert-OH is 1. The number of rotatable bonds is 3. The molecule has 1 fully saturated rings. The van der Waals surface area contributed by atoms with Gasteiger partial charge in [0, 0.05) is 12.5 Å². The summed E-state index contributed by atoms with van der Waals surface area (Å²) in [5.41, 5.74) is 6.79. The second kappa shape index (κ2) is 5.00. The van der Waals surface area contributed by atoms with Gasteiger partial charge >= 0.3 is 0 Å². The van der Waals surface area contributed by atoms with Gasteiger partial charge in [-0.15, -0.1) is 0 Å². The maximum Gasteiger partial charge on any atom is 0.161 e. The molecule has 0 spiro atoms. The number of hydrogen-bond acceptors (Lipinski definition) is 5. The molecule has 0 aliphatic carbocycles. The van der Waals surface area contributed by atoms with Gasteiger partial charge in [0.15, 0.2) is 11.5 Å². The topological polar surface area (TPSA) is 73.9 Å². The normalized spacial score (nSPS) is 22.2. The first kappa shape index (κ1) is 12.7. The minimum Gasteiger partial charge on any atom is -0.490 e. The molecule has 5 nitrogen and oxygen atoms in total. The zero-order valence-corrected chi connectivity index (χ0v) is 10.8. The fourth-order valence-corrected chi connectivity index (χ4v) is 2.56. The Morgan fingerprint density at radius 1 is 1.21 bits per heavy atom. The van der Waals surface area contributed by atoms with Crippen molar-refractivity contribution in [2.24, 2.45) is 5.73 Å². The number of nitrogens with two attached hydrogens (primary N) is 1. The van der Waals surface area contributed by atoms with Crippen LogP contribution in [0, 0.1) is 0 Å². The van der Waals surface area contributed by atoms with E-state index in [1.54, 1.807) is 0 Å². The number of benzene rings is 1. The van der Waals surface area contributed by atoms with Crippen LogP contribution in [0.2, 0.25) is 0 Å². The van der Waals surface area contributed by atoms with Crippen LogP contribution in [0.15, 0.2) is 18.2 Å². The lowest BCUT2D eigenvalue weighted by molar-refractivity contribution is -0.0799. The molecule has 2 aliphatic rings. The van der Waals surface area contributed by atoms with E-state index >= 15 is 0 Å². The third-order valence-corrected chi connectivity index (χ3v) is 3.95. The van der Waals surface area contributed by atoms with Crippen molar-refractivity contribution < 1.29 is 19.3 Å². The summed E-state index contributed by atoms with van der Waals surface area (Å²) in [6.07, 6.45) is 0.883. The summed E-state index contributed by atoms with van der Waals surface area (Å²) in [6, 6.07) is 5.55. The predicted molar refractivity (Wildman–Crippen MR) is 69.6 cm³/mol. The first-order chi connectivity index (χ1) is 9.26. The Hall–Kier alpha value is -1.30. The highest BCUT2D eigenvalue weighted by molar-refractivity contribution is 5.47. The molecule has 0 aromatic heterocycles. The van der Waals surface area contributed by atoms with Crippen molar-refractivity contribution in [2.75, 3.05) is 33.0 Å². The smallest absolute Gasteiger partial charge is 0.161 e. The number of hydrogen-bond donors (Lipinski definition) is 2. The summed E-state index contributed by atoms with van der Waals surface area (Å²) >= 11 is 0. The minimum absolute atomic E-state index is 0.0577. The minimum atomic E-state index is -0.328. The number of aliphatic hydroxyl groups is 1. The molecule has 2 aliphatic heterocycles.